The molecule has 4 heteroatoms. The third-order valence-electron chi connectivity index (χ3n) is 2.87. The summed E-state index contributed by atoms with van der Waals surface area (Å²) in [5.41, 5.74) is 2.96. The fourth-order valence-corrected chi connectivity index (χ4v) is 2.88. The van der Waals surface area contributed by atoms with E-state index in [0.29, 0.717) is 12.2 Å². The van der Waals surface area contributed by atoms with Gasteiger partial charge < -0.3 is 4.74 Å². The lowest BCUT2D eigenvalue weighted by atomic mass is 10.2. The molecule has 3 nitrogen and oxygen atoms in total. The highest BCUT2D eigenvalue weighted by Crippen LogP contribution is 2.19. The van der Waals surface area contributed by atoms with Crippen LogP contribution in [0.15, 0.2) is 41.4 Å². The number of hydrogen-bond donors (Lipinski definition) is 0. The molecule has 108 valence electrons. The molecular weight excluding hydrogens is 280 g/mol. The lowest BCUT2D eigenvalue weighted by Crippen LogP contribution is -1.99. The zero-order valence-corrected chi connectivity index (χ0v) is 13.1. The molecule has 0 fully saturated rings. The molecule has 0 amide bonds. The van der Waals surface area contributed by atoms with E-state index in [1.165, 1.54) is 5.56 Å². The SMILES string of the molecule is Cc1cc(C)nc(SCCCOc2ccc(C#N)cc2)c1. The summed E-state index contributed by atoms with van der Waals surface area (Å²) >= 11 is 1.76. The Morgan fingerprint density at radius 1 is 1.19 bits per heavy atom. The predicted molar refractivity (Wildman–Crippen MR) is 85.7 cm³/mol. The van der Waals surface area contributed by atoms with E-state index in [1.807, 2.05) is 19.1 Å². The fourth-order valence-electron chi connectivity index (χ4n) is 1.93. The number of pyridine rings is 1. The van der Waals surface area contributed by atoms with Crippen molar-refractivity contribution in [1.29, 1.82) is 5.26 Å². The average Bonchev–Trinajstić information content (AvgIpc) is 2.46. The van der Waals surface area contributed by atoms with Crippen molar-refractivity contribution in [2.75, 3.05) is 12.4 Å². The number of ether oxygens (including phenoxy) is 1. The highest BCUT2D eigenvalue weighted by molar-refractivity contribution is 7.99. The first-order valence-electron chi connectivity index (χ1n) is 6.88. The van der Waals surface area contributed by atoms with Gasteiger partial charge in [-0.3, -0.25) is 0 Å². The summed E-state index contributed by atoms with van der Waals surface area (Å²) in [6.07, 6.45) is 0.958. The quantitative estimate of drug-likeness (QED) is 0.594. The van der Waals surface area contributed by atoms with Crippen molar-refractivity contribution in [2.24, 2.45) is 0 Å². The molecule has 0 aliphatic rings. The van der Waals surface area contributed by atoms with E-state index in [2.05, 4.69) is 30.1 Å². The van der Waals surface area contributed by atoms with Crippen LogP contribution in [0.2, 0.25) is 0 Å². The molecule has 0 aliphatic heterocycles. The third-order valence-corrected chi connectivity index (χ3v) is 3.86. The van der Waals surface area contributed by atoms with Gasteiger partial charge in [0.25, 0.3) is 0 Å². The molecule has 0 radical (unpaired) electrons. The van der Waals surface area contributed by atoms with Gasteiger partial charge in [-0.15, -0.1) is 11.8 Å². The Kier molecular flexibility index (Phi) is 5.65. The van der Waals surface area contributed by atoms with Crippen molar-refractivity contribution in [3.63, 3.8) is 0 Å². The zero-order valence-electron chi connectivity index (χ0n) is 12.3. The second-order valence-corrected chi connectivity index (χ2v) is 5.93. The monoisotopic (exact) mass is 298 g/mol. The van der Waals surface area contributed by atoms with Crippen LogP contribution in [0.5, 0.6) is 5.75 Å². The predicted octanol–water partition coefficient (Wildman–Crippen LogP) is 4.13. The molecule has 1 aromatic carbocycles. The maximum absolute atomic E-state index is 8.72. The van der Waals surface area contributed by atoms with Crippen LogP contribution < -0.4 is 4.74 Å². The van der Waals surface area contributed by atoms with Crippen LogP contribution in [0.25, 0.3) is 0 Å². The first-order chi connectivity index (χ1) is 10.2. The number of rotatable bonds is 6. The van der Waals surface area contributed by atoms with E-state index in [0.717, 1.165) is 28.6 Å². The van der Waals surface area contributed by atoms with Crippen LogP contribution >= 0.6 is 11.8 Å². The number of thioether (sulfide) groups is 1. The molecule has 2 aromatic rings. The van der Waals surface area contributed by atoms with Gasteiger partial charge in [0.2, 0.25) is 0 Å². The van der Waals surface area contributed by atoms with Crippen molar-refractivity contribution in [2.45, 2.75) is 25.3 Å². The Morgan fingerprint density at radius 2 is 1.95 bits per heavy atom. The first-order valence-corrected chi connectivity index (χ1v) is 7.87. The standard InChI is InChI=1S/C17H18N2OS/c1-13-10-14(2)19-17(11-13)21-9-3-8-20-16-6-4-15(12-18)5-7-16/h4-7,10-11H,3,8-9H2,1-2H3. The van der Waals surface area contributed by atoms with Gasteiger partial charge in [0.1, 0.15) is 5.75 Å². The van der Waals surface area contributed by atoms with E-state index < -0.39 is 0 Å². The zero-order chi connectivity index (χ0) is 15.1. The summed E-state index contributed by atoms with van der Waals surface area (Å²) in [4.78, 5) is 4.50. The van der Waals surface area contributed by atoms with E-state index in [1.54, 1.807) is 23.9 Å². The lowest BCUT2D eigenvalue weighted by molar-refractivity contribution is 0.318. The smallest absolute Gasteiger partial charge is 0.119 e. The minimum atomic E-state index is 0.652. The molecular formula is C17H18N2OS. The van der Waals surface area contributed by atoms with Gasteiger partial charge >= 0.3 is 0 Å². The molecule has 1 heterocycles. The maximum Gasteiger partial charge on any atom is 0.119 e. The molecule has 1 aromatic heterocycles. The van der Waals surface area contributed by atoms with Gasteiger partial charge in [-0.25, -0.2) is 4.98 Å². The third kappa shape index (κ3) is 5.13. The topological polar surface area (TPSA) is 45.9 Å². The molecule has 0 spiro atoms. The summed E-state index contributed by atoms with van der Waals surface area (Å²) in [6, 6.07) is 13.5. The number of nitrogens with zero attached hydrogens (tertiary/aromatic N) is 2. The van der Waals surface area contributed by atoms with Crippen LogP contribution in [0, 0.1) is 25.2 Å². The fraction of sp³-hybridized carbons (Fsp3) is 0.294. The van der Waals surface area contributed by atoms with Crippen molar-refractivity contribution in [1.82, 2.24) is 4.98 Å². The molecule has 21 heavy (non-hydrogen) atoms. The van der Waals surface area contributed by atoms with Crippen LogP contribution in [0.4, 0.5) is 0 Å². The minimum absolute atomic E-state index is 0.652. The van der Waals surface area contributed by atoms with E-state index in [9.17, 15) is 0 Å². The van der Waals surface area contributed by atoms with Gasteiger partial charge in [-0.1, -0.05) is 0 Å². The first kappa shape index (κ1) is 15.4. The van der Waals surface area contributed by atoms with Gasteiger partial charge in [-0.2, -0.15) is 5.26 Å². The number of aryl methyl sites for hydroxylation is 2. The Bertz CT molecular complexity index is 612. The molecule has 0 bridgehead atoms. The highest BCUT2D eigenvalue weighted by Gasteiger charge is 1.99. The van der Waals surface area contributed by atoms with E-state index >= 15 is 0 Å². The van der Waals surface area contributed by atoms with Crippen molar-refractivity contribution < 1.29 is 4.74 Å². The summed E-state index contributed by atoms with van der Waals surface area (Å²) in [7, 11) is 0. The van der Waals surface area contributed by atoms with Crippen LogP contribution in [-0.2, 0) is 0 Å². The average molecular weight is 298 g/mol. The second kappa shape index (κ2) is 7.70. The van der Waals surface area contributed by atoms with Gasteiger partial charge in [0.15, 0.2) is 0 Å². The Morgan fingerprint density at radius 3 is 2.62 bits per heavy atom. The summed E-state index contributed by atoms with van der Waals surface area (Å²) in [5.74, 6) is 1.79. The van der Waals surface area contributed by atoms with Gasteiger partial charge in [-0.05, 0) is 62.2 Å². The Hall–Kier alpha value is -1.99. The highest BCUT2D eigenvalue weighted by atomic mass is 32.2. The molecule has 0 saturated heterocycles. The Labute approximate surface area is 130 Å². The van der Waals surface area contributed by atoms with Crippen LogP contribution in [-0.4, -0.2) is 17.3 Å². The minimum Gasteiger partial charge on any atom is -0.494 e. The van der Waals surface area contributed by atoms with Gasteiger partial charge in [0.05, 0.1) is 23.3 Å². The number of aromatic nitrogens is 1. The second-order valence-electron chi connectivity index (χ2n) is 4.81. The number of benzene rings is 1. The summed E-state index contributed by atoms with van der Waals surface area (Å²) in [6.45, 7) is 4.78. The van der Waals surface area contributed by atoms with Crippen molar-refractivity contribution in [3.8, 4) is 11.8 Å². The van der Waals surface area contributed by atoms with Gasteiger partial charge in [0, 0.05) is 11.4 Å². The maximum atomic E-state index is 8.72. The molecule has 0 aliphatic carbocycles. The summed E-state index contributed by atoms with van der Waals surface area (Å²) in [5, 5.41) is 9.80. The molecule has 0 unspecified atom stereocenters. The van der Waals surface area contributed by atoms with E-state index in [4.69, 9.17) is 10.00 Å². The summed E-state index contributed by atoms with van der Waals surface area (Å²) < 4.78 is 5.65. The lowest BCUT2D eigenvalue weighted by Gasteiger charge is -2.06. The van der Waals surface area contributed by atoms with Crippen molar-refractivity contribution in [3.05, 3.63) is 53.2 Å². The normalized spacial score (nSPS) is 10.1. The molecule has 2 rings (SSSR count). The molecule has 0 N–H and O–H groups in total. The van der Waals surface area contributed by atoms with E-state index in [-0.39, 0.29) is 0 Å². The molecule has 0 saturated carbocycles. The Balaban J connectivity index is 1.71. The van der Waals surface area contributed by atoms with Crippen LogP contribution in [0.1, 0.15) is 23.2 Å². The largest absolute Gasteiger partial charge is 0.494 e. The van der Waals surface area contributed by atoms with Crippen LogP contribution in [0.3, 0.4) is 0 Å². The number of hydrogen-bond acceptors (Lipinski definition) is 4. The van der Waals surface area contributed by atoms with Crippen molar-refractivity contribution >= 4 is 11.8 Å². The number of nitriles is 1. The molecule has 0 atom stereocenters.